The van der Waals surface area contributed by atoms with Gasteiger partial charge in [0.2, 0.25) is 0 Å². The minimum atomic E-state index is 0.0208. The van der Waals surface area contributed by atoms with Crippen LogP contribution in [0.2, 0.25) is 0 Å². The van der Waals surface area contributed by atoms with Crippen LogP contribution in [0.4, 0.5) is 0 Å². The predicted molar refractivity (Wildman–Crippen MR) is 84.5 cm³/mol. The van der Waals surface area contributed by atoms with Crippen LogP contribution in [0.25, 0.3) is 0 Å². The Labute approximate surface area is 126 Å². The van der Waals surface area contributed by atoms with E-state index in [4.69, 9.17) is 0 Å². The number of piperidine rings is 1. The number of amides is 1. The second kappa shape index (κ2) is 6.58. The highest BCUT2D eigenvalue weighted by Crippen LogP contribution is 2.26. The summed E-state index contributed by atoms with van der Waals surface area (Å²) in [6, 6.07) is 8.35. The number of aryl methyl sites for hydroxylation is 1. The van der Waals surface area contributed by atoms with Gasteiger partial charge in [-0.3, -0.25) is 4.79 Å². The third-order valence-corrected chi connectivity index (χ3v) is 4.77. The van der Waals surface area contributed by atoms with E-state index in [1.165, 1.54) is 38.0 Å². The van der Waals surface area contributed by atoms with Gasteiger partial charge < -0.3 is 15.5 Å². The number of hydrogen-bond acceptors (Lipinski definition) is 3. The van der Waals surface area contributed by atoms with Crippen molar-refractivity contribution < 1.29 is 4.79 Å². The van der Waals surface area contributed by atoms with Crippen LogP contribution >= 0.6 is 0 Å². The highest BCUT2D eigenvalue weighted by molar-refractivity contribution is 5.94. The summed E-state index contributed by atoms with van der Waals surface area (Å²) in [4.78, 5) is 14.5. The number of nitrogens with zero attached hydrogens (tertiary/aromatic N) is 1. The molecule has 4 heteroatoms. The van der Waals surface area contributed by atoms with Crippen LogP contribution in [0.5, 0.6) is 0 Å². The first-order valence-corrected chi connectivity index (χ1v) is 8.03. The van der Waals surface area contributed by atoms with Crippen LogP contribution in [-0.2, 0) is 0 Å². The molecule has 0 radical (unpaired) electrons. The number of benzene rings is 1. The van der Waals surface area contributed by atoms with E-state index in [0.717, 1.165) is 18.0 Å². The minimum Gasteiger partial charge on any atom is -0.351 e. The van der Waals surface area contributed by atoms with Crippen molar-refractivity contribution >= 4 is 5.91 Å². The maximum Gasteiger partial charge on any atom is 0.251 e. The molecule has 114 valence electrons. The topological polar surface area (TPSA) is 44.4 Å². The van der Waals surface area contributed by atoms with Gasteiger partial charge in [-0.25, -0.2) is 0 Å². The van der Waals surface area contributed by atoms with E-state index in [1.54, 1.807) is 0 Å². The fourth-order valence-corrected chi connectivity index (χ4v) is 3.46. The van der Waals surface area contributed by atoms with Crippen molar-refractivity contribution in [2.75, 3.05) is 32.7 Å². The average Bonchev–Trinajstić information content (AvgIpc) is 2.88. The first-order valence-electron chi connectivity index (χ1n) is 8.03. The Hall–Kier alpha value is -1.39. The first kappa shape index (κ1) is 14.5. The highest BCUT2D eigenvalue weighted by atomic mass is 16.1. The van der Waals surface area contributed by atoms with Gasteiger partial charge in [0, 0.05) is 31.2 Å². The SMILES string of the molecule is Cc1ccc(C(=O)NCCNC2CCN3CCC2C3)cc1. The Bertz CT molecular complexity index is 485. The van der Waals surface area contributed by atoms with E-state index in [9.17, 15) is 4.79 Å². The molecule has 1 aromatic carbocycles. The molecule has 2 saturated heterocycles. The summed E-state index contributed by atoms with van der Waals surface area (Å²) in [5, 5.41) is 6.61. The van der Waals surface area contributed by atoms with E-state index in [2.05, 4.69) is 15.5 Å². The molecule has 2 aliphatic rings. The van der Waals surface area contributed by atoms with Gasteiger partial charge in [0.25, 0.3) is 5.91 Å². The lowest BCUT2D eigenvalue weighted by molar-refractivity contribution is 0.0953. The number of carbonyl (C=O) groups is 1. The Morgan fingerprint density at radius 1 is 1.19 bits per heavy atom. The maximum absolute atomic E-state index is 12.0. The normalized spacial score (nSPS) is 27.6. The van der Waals surface area contributed by atoms with E-state index < -0.39 is 0 Å². The molecule has 2 aliphatic heterocycles. The molecule has 2 bridgehead atoms. The van der Waals surface area contributed by atoms with Gasteiger partial charge in [0.05, 0.1) is 0 Å². The molecule has 1 amide bonds. The Kier molecular flexibility index (Phi) is 4.56. The average molecular weight is 287 g/mol. The molecule has 21 heavy (non-hydrogen) atoms. The number of hydrogen-bond donors (Lipinski definition) is 2. The second-order valence-corrected chi connectivity index (χ2v) is 6.32. The lowest BCUT2D eigenvalue weighted by atomic mass is 9.94. The second-order valence-electron chi connectivity index (χ2n) is 6.32. The molecular weight excluding hydrogens is 262 g/mol. The van der Waals surface area contributed by atoms with Crippen molar-refractivity contribution in [3.63, 3.8) is 0 Å². The monoisotopic (exact) mass is 287 g/mol. The molecule has 2 heterocycles. The Balaban J connectivity index is 1.38. The molecule has 3 unspecified atom stereocenters. The van der Waals surface area contributed by atoms with Gasteiger partial charge in [-0.05, 0) is 50.9 Å². The fourth-order valence-electron chi connectivity index (χ4n) is 3.46. The van der Waals surface area contributed by atoms with Crippen LogP contribution < -0.4 is 10.6 Å². The van der Waals surface area contributed by atoms with Gasteiger partial charge in [-0.1, -0.05) is 17.7 Å². The molecule has 3 atom stereocenters. The van der Waals surface area contributed by atoms with E-state index in [1.807, 2.05) is 31.2 Å². The lowest BCUT2D eigenvalue weighted by Gasteiger charge is -2.31. The highest BCUT2D eigenvalue weighted by Gasteiger charge is 2.33. The predicted octanol–water partition coefficient (Wildman–Crippen LogP) is 1.41. The van der Waals surface area contributed by atoms with Gasteiger partial charge in [-0.2, -0.15) is 0 Å². The van der Waals surface area contributed by atoms with Crippen LogP contribution in [0, 0.1) is 12.8 Å². The molecule has 0 aliphatic carbocycles. The quantitative estimate of drug-likeness (QED) is 0.805. The van der Waals surface area contributed by atoms with Gasteiger partial charge in [0.15, 0.2) is 0 Å². The third kappa shape index (κ3) is 3.63. The molecule has 4 nitrogen and oxygen atoms in total. The number of carbonyl (C=O) groups excluding carboxylic acids is 1. The molecule has 1 aromatic rings. The van der Waals surface area contributed by atoms with Gasteiger partial charge >= 0.3 is 0 Å². The number of rotatable bonds is 5. The molecule has 3 rings (SSSR count). The summed E-state index contributed by atoms with van der Waals surface area (Å²) in [5.74, 6) is 0.832. The molecule has 0 saturated carbocycles. The molecule has 2 fully saturated rings. The number of nitrogens with one attached hydrogen (secondary N) is 2. The van der Waals surface area contributed by atoms with Crippen molar-refractivity contribution in [2.24, 2.45) is 5.92 Å². The largest absolute Gasteiger partial charge is 0.351 e. The van der Waals surface area contributed by atoms with Crippen LogP contribution in [0.3, 0.4) is 0 Å². The minimum absolute atomic E-state index is 0.0208. The van der Waals surface area contributed by atoms with Crippen molar-refractivity contribution in [2.45, 2.75) is 25.8 Å². The summed E-state index contributed by atoms with van der Waals surface area (Å²) in [6.07, 6.45) is 2.57. The maximum atomic E-state index is 12.0. The molecule has 0 aromatic heterocycles. The molecular formula is C17H25N3O. The van der Waals surface area contributed by atoms with Crippen molar-refractivity contribution in [3.8, 4) is 0 Å². The third-order valence-electron chi connectivity index (χ3n) is 4.77. The fraction of sp³-hybridized carbons (Fsp3) is 0.588. The van der Waals surface area contributed by atoms with Gasteiger partial charge in [0.1, 0.15) is 0 Å². The first-order chi connectivity index (χ1) is 10.2. The van der Waals surface area contributed by atoms with Crippen molar-refractivity contribution in [1.82, 2.24) is 15.5 Å². The van der Waals surface area contributed by atoms with E-state index in [0.29, 0.717) is 12.6 Å². The Morgan fingerprint density at radius 2 is 1.95 bits per heavy atom. The van der Waals surface area contributed by atoms with Crippen molar-refractivity contribution in [1.29, 1.82) is 0 Å². The summed E-state index contributed by atoms with van der Waals surface area (Å²) in [5.41, 5.74) is 1.92. The lowest BCUT2D eigenvalue weighted by Crippen LogP contribution is -2.46. The van der Waals surface area contributed by atoms with E-state index in [-0.39, 0.29) is 5.91 Å². The van der Waals surface area contributed by atoms with Crippen LogP contribution in [-0.4, -0.2) is 49.6 Å². The zero-order valence-electron chi connectivity index (χ0n) is 12.8. The van der Waals surface area contributed by atoms with Crippen molar-refractivity contribution in [3.05, 3.63) is 35.4 Å². The number of fused-ring (bicyclic) bond motifs is 2. The van der Waals surface area contributed by atoms with E-state index >= 15 is 0 Å². The zero-order valence-corrected chi connectivity index (χ0v) is 12.8. The summed E-state index contributed by atoms with van der Waals surface area (Å²) < 4.78 is 0. The standard InChI is InChI=1S/C17H25N3O/c1-13-2-4-14(5-3-13)17(21)19-9-8-18-16-7-11-20-10-6-15(16)12-20/h2-5,15-16,18H,6-12H2,1H3,(H,19,21). The van der Waals surface area contributed by atoms with Crippen LogP contribution in [0.1, 0.15) is 28.8 Å². The summed E-state index contributed by atoms with van der Waals surface area (Å²) >= 11 is 0. The molecule has 0 spiro atoms. The molecule has 2 N–H and O–H groups in total. The Morgan fingerprint density at radius 3 is 2.76 bits per heavy atom. The smallest absolute Gasteiger partial charge is 0.251 e. The zero-order chi connectivity index (χ0) is 14.7. The van der Waals surface area contributed by atoms with Gasteiger partial charge in [-0.15, -0.1) is 0 Å². The summed E-state index contributed by atoms with van der Waals surface area (Å²) in [7, 11) is 0. The summed E-state index contributed by atoms with van der Waals surface area (Å²) in [6.45, 7) is 7.34. The van der Waals surface area contributed by atoms with Crippen LogP contribution in [0.15, 0.2) is 24.3 Å².